The van der Waals surface area contributed by atoms with E-state index >= 15 is 0 Å². The van der Waals surface area contributed by atoms with Gasteiger partial charge in [-0.15, -0.1) is 0 Å². The first-order chi connectivity index (χ1) is 8.11. The lowest BCUT2D eigenvalue weighted by atomic mass is 10.1. The third kappa shape index (κ3) is 2.42. The molecule has 0 spiro atoms. The predicted molar refractivity (Wildman–Crippen MR) is 57.6 cm³/mol. The second-order valence-electron chi connectivity index (χ2n) is 3.26. The number of rotatable bonds is 3. The Morgan fingerprint density at radius 3 is 2.76 bits per heavy atom. The lowest BCUT2D eigenvalue weighted by molar-refractivity contribution is 0.151. The van der Waals surface area contributed by atoms with Gasteiger partial charge >= 0.3 is 0 Å². The largest absolute Gasteiger partial charge is 0.338 e. The van der Waals surface area contributed by atoms with Crippen LogP contribution < -0.4 is 5.73 Å². The quantitative estimate of drug-likeness (QED) is 0.920. The monoisotopic (exact) mass is 259 g/mol. The van der Waals surface area contributed by atoms with Crippen molar-refractivity contribution in [2.24, 2.45) is 5.73 Å². The Hall–Kier alpha value is -1.53. The first-order valence-corrected chi connectivity index (χ1v) is 5.10. The van der Waals surface area contributed by atoms with Gasteiger partial charge in [-0.05, 0) is 12.1 Å². The van der Waals surface area contributed by atoms with Gasteiger partial charge < -0.3 is 10.3 Å². The van der Waals surface area contributed by atoms with E-state index in [-0.39, 0.29) is 28.8 Å². The second-order valence-corrected chi connectivity index (χ2v) is 3.66. The van der Waals surface area contributed by atoms with Gasteiger partial charge in [0.05, 0.1) is 11.6 Å². The van der Waals surface area contributed by atoms with Crippen molar-refractivity contribution in [1.29, 1.82) is 0 Å². The molecule has 4 nitrogen and oxygen atoms in total. The van der Waals surface area contributed by atoms with Crippen molar-refractivity contribution in [2.75, 3.05) is 0 Å². The molecule has 0 aliphatic heterocycles. The molecule has 2 N–H and O–H groups in total. The molecule has 7 heteroatoms. The van der Waals surface area contributed by atoms with Crippen LogP contribution in [-0.2, 0) is 6.54 Å². The van der Waals surface area contributed by atoms with E-state index in [4.69, 9.17) is 21.9 Å². The summed E-state index contributed by atoms with van der Waals surface area (Å²) in [5.74, 6) is 0.372. The summed E-state index contributed by atoms with van der Waals surface area (Å²) in [6, 6.07) is 3.86. The lowest BCUT2D eigenvalue weighted by Gasteiger charge is -2.03. The van der Waals surface area contributed by atoms with Crippen molar-refractivity contribution in [3.8, 4) is 11.4 Å². The summed E-state index contributed by atoms with van der Waals surface area (Å²) in [5.41, 5.74) is 5.46. The second kappa shape index (κ2) is 4.77. The minimum atomic E-state index is -2.58. The Balaban J connectivity index is 2.46. The minimum absolute atomic E-state index is 0.0825. The molecule has 2 aromatic rings. The van der Waals surface area contributed by atoms with E-state index in [1.165, 1.54) is 18.2 Å². The van der Waals surface area contributed by atoms with Gasteiger partial charge in [0.2, 0.25) is 11.7 Å². The molecule has 0 radical (unpaired) electrons. The highest BCUT2D eigenvalue weighted by Gasteiger charge is 2.15. The molecule has 0 bridgehead atoms. The number of hydrogen-bond acceptors (Lipinski definition) is 4. The molecule has 0 saturated carbocycles. The predicted octanol–water partition coefficient (Wildman–Crippen LogP) is 2.79. The van der Waals surface area contributed by atoms with Gasteiger partial charge in [0.1, 0.15) is 0 Å². The first-order valence-electron chi connectivity index (χ1n) is 4.72. The van der Waals surface area contributed by atoms with Gasteiger partial charge in [-0.1, -0.05) is 22.8 Å². The van der Waals surface area contributed by atoms with E-state index in [9.17, 15) is 8.78 Å². The smallest absolute Gasteiger partial charge is 0.263 e. The molecule has 1 heterocycles. The molecule has 90 valence electrons. The lowest BCUT2D eigenvalue weighted by Crippen LogP contribution is -1.96. The normalized spacial score (nSPS) is 11.1. The van der Waals surface area contributed by atoms with Crippen molar-refractivity contribution in [2.45, 2.75) is 13.0 Å². The maximum atomic E-state index is 12.5. The van der Waals surface area contributed by atoms with Gasteiger partial charge in [0.25, 0.3) is 6.43 Å². The summed E-state index contributed by atoms with van der Waals surface area (Å²) >= 11 is 5.89. The Labute approximate surface area is 100 Å². The standard InChI is InChI=1S/C10H8ClF2N3O/c11-7-2-1-5(9(12)13)3-6(7)10-15-8(4-14)17-16-10/h1-3,9H,4,14H2. The van der Waals surface area contributed by atoms with Crippen LogP contribution in [0.5, 0.6) is 0 Å². The summed E-state index contributed by atoms with van der Waals surface area (Å²) in [5, 5.41) is 3.90. The molecule has 0 atom stereocenters. The molecule has 2 rings (SSSR count). The van der Waals surface area contributed by atoms with Crippen LogP contribution in [0.1, 0.15) is 17.9 Å². The zero-order valence-corrected chi connectivity index (χ0v) is 9.29. The zero-order chi connectivity index (χ0) is 12.4. The Bertz CT molecular complexity index is 530. The van der Waals surface area contributed by atoms with Crippen LogP contribution in [0.4, 0.5) is 8.78 Å². The molecule has 0 unspecified atom stereocenters. The van der Waals surface area contributed by atoms with Gasteiger partial charge in [-0.3, -0.25) is 0 Å². The Kier molecular flexibility index (Phi) is 3.35. The third-order valence-electron chi connectivity index (χ3n) is 2.13. The van der Waals surface area contributed by atoms with Crippen LogP contribution >= 0.6 is 11.6 Å². The van der Waals surface area contributed by atoms with Gasteiger partial charge in [0, 0.05) is 11.1 Å². The Morgan fingerprint density at radius 2 is 2.18 bits per heavy atom. The summed E-state index contributed by atoms with van der Waals surface area (Å²) < 4.78 is 29.9. The highest BCUT2D eigenvalue weighted by Crippen LogP contribution is 2.30. The number of hydrogen-bond donors (Lipinski definition) is 1. The van der Waals surface area contributed by atoms with E-state index in [1.54, 1.807) is 0 Å². The molecular weight excluding hydrogens is 252 g/mol. The molecule has 17 heavy (non-hydrogen) atoms. The Morgan fingerprint density at radius 1 is 1.41 bits per heavy atom. The van der Waals surface area contributed by atoms with Crippen LogP contribution in [0, 0.1) is 0 Å². The summed E-state index contributed by atoms with van der Waals surface area (Å²) in [6.45, 7) is 0.0825. The van der Waals surface area contributed by atoms with Crippen molar-refractivity contribution in [3.63, 3.8) is 0 Å². The van der Waals surface area contributed by atoms with Crippen LogP contribution in [0.15, 0.2) is 22.7 Å². The minimum Gasteiger partial charge on any atom is -0.338 e. The first kappa shape index (κ1) is 11.9. The number of aromatic nitrogens is 2. The fourth-order valence-corrected chi connectivity index (χ4v) is 1.50. The fourth-order valence-electron chi connectivity index (χ4n) is 1.30. The molecule has 0 fully saturated rings. The number of benzene rings is 1. The van der Waals surface area contributed by atoms with Crippen LogP contribution in [0.3, 0.4) is 0 Å². The average molecular weight is 260 g/mol. The molecule has 1 aromatic heterocycles. The van der Waals surface area contributed by atoms with Crippen molar-refractivity contribution < 1.29 is 13.3 Å². The number of alkyl halides is 2. The van der Waals surface area contributed by atoms with E-state index in [2.05, 4.69) is 10.1 Å². The number of nitrogens with two attached hydrogens (primary N) is 1. The van der Waals surface area contributed by atoms with Crippen molar-refractivity contribution in [3.05, 3.63) is 34.7 Å². The van der Waals surface area contributed by atoms with E-state index in [1.807, 2.05) is 0 Å². The topological polar surface area (TPSA) is 64.9 Å². The van der Waals surface area contributed by atoms with Crippen LogP contribution in [0.25, 0.3) is 11.4 Å². The number of nitrogens with zero attached hydrogens (tertiary/aromatic N) is 2. The van der Waals surface area contributed by atoms with Gasteiger partial charge in [-0.2, -0.15) is 4.98 Å². The number of halogens is 3. The molecule has 1 aromatic carbocycles. The van der Waals surface area contributed by atoms with E-state index in [0.29, 0.717) is 5.56 Å². The summed E-state index contributed by atoms with van der Waals surface area (Å²) in [7, 11) is 0. The highest BCUT2D eigenvalue weighted by atomic mass is 35.5. The molecular formula is C10H8ClF2N3O. The highest BCUT2D eigenvalue weighted by molar-refractivity contribution is 6.33. The molecule has 0 aliphatic rings. The van der Waals surface area contributed by atoms with Crippen molar-refractivity contribution >= 4 is 11.6 Å². The third-order valence-corrected chi connectivity index (χ3v) is 2.46. The molecule has 0 amide bonds. The molecule has 0 saturated heterocycles. The van der Waals surface area contributed by atoms with Crippen molar-refractivity contribution in [1.82, 2.24) is 10.1 Å². The fraction of sp³-hybridized carbons (Fsp3) is 0.200. The SMILES string of the molecule is NCc1nc(-c2cc(C(F)F)ccc2Cl)no1. The average Bonchev–Trinajstić information content (AvgIpc) is 2.77. The van der Waals surface area contributed by atoms with Gasteiger partial charge in [-0.25, -0.2) is 8.78 Å². The van der Waals surface area contributed by atoms with Gasteiger partial charge in [0.15, 0.2) is 0 Å². The maximum Gasteiger partial charge on any atom is 0.263 e. The molecule has 0 aliphatic carbocycles. The summed E-state index contributed by atoms with van der Waals surface area (Å²) in [4.78, 5) is 3.93. The van der Waals surface area contributed by atoms with Crippen LogP contribution in [0.2, 0.25) is 5.02 Å². The maximum absolute atomic E-state index is 12.5. The summed E-state index contributed by atoms with van der Waals surface area (Å²) in [6.07, 6.45) is -2.58. The van der Waals surface area contributed by atoms with E-state index in [0.717, 1.165) is 0 Å². The van der Waals surface area contributed by atoms with E-state index < -0.39 is 6.43 Å². The zero-order valence-electron chi connectivity index (χ0n) is 8.53. The van der Waals surface area contributed by atoms with Crippen LogP contribution in [-0.4, -0.2) is 10.1 Å².